The predicted molar refractivity (Wildman–Crippen MR) is 71.9 cm³/mol. The van der Waals surface area contributed by atoms with E-state index in [0.29, 0.717) is 11.9 Å². The highest BCUT2D eigenvalue weighted by molar-refractivity contribution is 5.78. The summed E-state index contributed by atoms with van der Waals surface area (Å²) in [7, 11) is 0. The molecule has 1 fully saturated rings. The highest BCUT2D eigenvalue weighted by Gasteiger charge is 2.27. The quantitative estimate of drug-likeness (QED) is 0.752. The smallest absolute Gasteiger partial charge is 0.225 e. The molecule has 0 unspecified atom stereocenters. The molecule has 0 aliphatic carbocycles. The van der Waals surface area contributed by atoms with E-state index >= 15 is 0 Å². The van der Waals surface area contributed by atoms with Crippen LogP contribution < -0.4 is 0 Å². The molecule has 1 heterocycles. The van der Waals surface area contributed by atoms with Crippen LogP contribution in [0.2, 0.25) is 0 Å². The number of hydrogen-bond acceptors (Lipinski definition) is 2. The van der Waals surface area contributed by atoms with Gasteiger partial charge in [0.05, 0.1) is 0 Å². The first-order valence-corrected chi connectivity index (χ1v) is 6.94. The van der Waals surface area contributed by atoms with E-state index in [1.165, 1.54) is 13.0 Å². The van der Waals surface area contributed by atoms with E-state index in [1.807, 2.05) is 18.7 Å². The molecule has 1 saturated heterocycles. The fraction of sp³-hybridized carbons (Fsp3) is 0.929. The zero-order chi connectivity index (χ0) is 13.0. The molecule has 1 aliphatic heterocycles. The van der Waals surface area contributed by atoms with Crippen LogP contribution in [0.4, 0.5) is 0 Å². The summed E-state index contributed by atoms with van der Waals surface area (Å²) in [6.45, 7) is 14.7. The van der Waals surface area contributed by atoms with Gasteiger partial charge in [-0.15, -0.1) is 0 Å². The Morgan fingerprint density at radius 1 is 1.24 bits per heavy atom. The minimum absolute atomic E-state index is 0.129. The monoisotopic (exact) mass is 240 g/mol. The van der Waals surface area contributed by atoms with E-state index in [0.717, 1.165) is 25.6 Å². The molecule has 1 aliphatic rings. The van der Waals surface area contributed by atoms with Crippen LogP contribution in [0.1, 0.15) is 41.0 Å². The van der Waals surface area contributed by atoms with E-state index in [4.69, 9.17) is 0 Å². The number of carbonyl (C=O) groups excluding carboxylic acids is 1. The maximum atomic E-state index is 11.9. The van der Waals surface area contributed by atoms with Gasteiger partial charge in [0.1, 0.15) is 0 Å². The standard InChI is InChI=1S/C14H28N2O/c1-11(2)6-7-15-8-9-16(10-13(15)5)14(17)12(3)4/h11-13H,6-10H2,1-5H3/t13-/m0/s1. The van der Waals surface area contributed by atoms with Crippen molar-refractivity contribution in [2.45, 2.75) is 47.1 Å². The van der Waals surface area contributed by atoms with Crippen molar-refractivity contribution in [1.82, 2.24) is 9.80 Å². The van der Waals surface area contributed by atoms with Crippen molar-refractivity contribution in [3.63, 3.8) is 0 Å². The molecular weight excluding hydrogens is 212 g/mol. The lowest BCUT2D eigenvalue weighted by Gasteiger charge is -2.40. The van der Waals surface area contributed by atoms with Crippen LogP contribution in [0, 0.1) is 11.8 Å². The van der Waals surface area contributed by atoms with Crippen molar-refractivity contribution in [2.75, 3.05) is 26.2 Å². The number of amides is 1. The maximum Gasteiger partial charge on any atom is 0.225 e. The van der Waals surface area contributed by atoms with Gasteiger partial charge in [0.15, 0.2) is 0 Å². The molecule has 3 heteroatoms. The van der Waals surface area contributed by atoms with E-state index in [1.54, 1.807) is 0 Å². The Morgan fingerprint density at radius 3 is 2.35 bits per heavy atom. The highest BCUT2D eigenvalue weighted by atomic mass is 16.2. The second kappa shape index (κ2) is 6.39. The number of rotatable bonds is 4. The Balaban J connectivity index is 2.41. The van der Waals surface area contributed by atoms with E-state index in [2.05, 4.69) is 25.7 Å². The van der Waals surface area contributed by atoms with Gasteiger partial charge in [0, 0.05) is 31.6 Å². The molecule has 1 amide bonds. The van der Waals surface area contributed by atoms with E-state index in [9.17, 15) is 4.79 Å². The predicted octanol–water partition coefficient (Wildman–Crippen LogP) is 2.22. The number of hydrogen-bond donors (Lipinski definition) is 0. The van der Waals surface area contributed by atoms with E-state index in [-0.39, 0.29) is 5.92 Å². The zero-order valence-corrected chi connectivity index (χ0v) is 12.1. The first-order valence-electron chi connectivity index (χ1n) is 6.94. The molecular formula is C14H28N2O. The summed E-state index contributed by atoms with van der Waals surface area (Å²) in [5.41, 5.74) is 0. The normalized spacial score (nSPS) is 22.5. The molecule has 1 atom stereocenters. The Labute approximate surface area is 106 Å². The summed E-state index contributed by atoms with van der Waals surface area (Å²) in [6.07, 6.45) is 1.25. The van der Waals surface area contributed by atoms with Gasteiger partial charge in [-0.2, -0.15) is 0 Å². The fourth-order valence-electron chi connectivity index (χ4n) is 2.32. The summed E-state index contributed by atoms with van der Waals surface area (Å²) >= 11 is 0. The van der Waals surface area contributed by atoms with Crippen LogP contribution in [0.15, 0.2) is 0 Å². The SMILES string of the molecule is CC(C)CCN1CCN(C(=O)C(C)C)C[C@@H]1C. The molecule has 0 aromatic rings. The van der Waals surface area contributed by atoms with Gasteiger partial charge in [-0.05, 0) is 25.8 Å². The van der Waals surface area contributed by atoms with Crippen LogP contribution in [0.5, 0.6) is 0 Å². The molecule has 17 heavy (non-hydrogen) atoms. The topological polar surface area (TPSA) is 23.6 Å². The highest BCUT2D eigenvalue weighted by Crippen LogP contribution is 2.14. The minimum atomic E-state index is 0.129. The van der Waals surface area contributed by atoms with Crippen molar-refractivity contribution in [1.29, 1.82) is 0 Å². The van der Waals surface area contributed by atoms with Gasteiger partial charge in [-0.25, -0.2) is 0 Å². The van der Waals surface area contributed by atoms with Crippen LogP contribution >= 0.6 is 0 Å². The summed E-state index contributed by atoms with van der Waals surface area (Å²) in [5.74, 6) is 1.20. The lowest BCUT2D eigenvalue weighted by Crippen LogP contribution is -2.54. The second-order valence-electron chi connectivity index (χ2n) is 6.01. The van der Waals surface area contributed by atoms with Crippen molar-refractivity contribution in [3.8, 4) is 0 Å². The Kier molecular flexibility index (Phi) is 5.44. The van der Waals surface area contributed by atoms with Crippen LogP contribution in [0.25, 0.3) is 0 Å². The molecule has 0 radical (unpaired) electrons. The molecule has 3 nitrogen and oxygen atoms in total. The Bertz CT molecular complexity index is 251. The lowest BCUT2D eigenvalue weighted by atomic mass is 10.1. The lowest BCUT2D eigenvalue weighted by molar-refractivity contribution is -0.137. The van der Waals surface area contributed by atoms with Gasteiger partial charge in [0.2, 0.25) is 5.91 Å². The third kappa shape index (κ3) is 4.30. The largest absolute Gasteiger partial charge is 0.340 e. The average molecular weight is 240 g/mol. The molecule has 0 aromatic heterocycles. The fourth-order valence-corrected chi connectivity index (χ4v) is 2.32. The number of piperazine rings is 1. The van der Waals surface area contributed by atoms with Crippen molar-refractivity contribution in [2.24, 2.45) is 11.8 Å². The zero-order valence-electron chi connectivity index (χ0n) is 12.1. The first kappa shape index (κ1) is 14.5. The van der Waals surface area contributed by atoms with Crippen molar-refractivity contribution < 1.29 is 4.79 Å². The molecule has 0 bridgehead atoms. The Morgan fingerprint density at radius 2 is 1.88 bits per heavy atom. The molecule has 1 rings (SSSR count). The van der Waals surface area contributed by atoms with Crippen LogP contribution in [-0.4, -0.2) is 47.9 Å². The first-order chi connectivity index (χ1) is 7.91. The molecule has 0 spiro atoms. The summed E-state index contributed by atoms with van der Waals surface area (Å²) in [4.78, 5) is 16.5. The van der Waals surface area contributed by atoms with Gasteiger partial charge < -0.3 is 4.90 Å². The maximum absolute atomic E-state index is 11.9. The Hall–Kier alpha value is -0.570. The van der Waals surface area contributed by atoms with Crippen molar-refractivity contribution in [3.05, 3.63) is 0 Å². The van der Waals surface area contributed by atoms with Crippen molar-refractivity contribution >= 4 is 5.91 Å². The third-order valence-electron chi connectivity index (χ3n) is 3.56. The number of nitrogens with zero attached hydrogens (tertiary/aromatic N) is 2. The second-order valence-corrected chi connectivity index (χ2v) is 6.01. The third-order valence-corrected chi connectivity index (χ3v) is 3.56. The summed E-state index contributed by atoms with van der Waals surface area (Å²) in [6, 6.07) is 0.505. The molecule has 0 aromatic carbocycles. The van der Waals surface area contributed by atoms with Gasteiger partial charge in [0.25, 0.3) is 0 Å². The van der Waals surface area contributed by atoms with Gasteiger partial charge in [-0.3, -0.25) is 9.69 Å². The summed E-state index contributed by atoms with van der Waals surface area (Å²) < 4.78 is 0. The van der Waals surface area contributed by atoms with E-state index < -0.39 is 0 Å². The summed E-state index contributed by atoms with van der Waals surface area (Å²) in [5, 5.41) is 0. The minimum Gasteiger partial charge on any atom is -0.340 e. The average Bonchev–Trinajstić information content (AvgIpc) is 2.26. The van der Waals surface area contributed by atoms with Crippen LogP contribution in [0.3, 0.4) is 0 Å². The molecule has 100 valence electrons. The molecule has 0 N–H and O–H groups in total. The number of carbonyl (C=O) groups is 1. The van der Waals surface area contributed by atoms with Gasteiger partial charge >= 0.3 is 0 Å². The molecule has 0 saturated carbocycles. The van der Waals surface area contributed by atoms with Crippen LogP contribution in [-0.2, 0) is 4.79 Å². The van der Waals surface area contributed by atoms with Gasteiger partial charge in [-0.1, -0.05) is 27.7 Å².